The summed E-state index contributed by atoms with van der Waals surface area (Å²) < 4.78 is 5.81. The first-order valence-electron chi connectivity index (χ1n) is 7.08. The van der Waals surface area contributed by atoms with Gasteiger partial charge in [-0.25, -0.2) is 0 Å². The van der Waals surface area contributed by atoms with E-state index in [1.54, 1.807) is 11.9 Å². The summed E-state index contributed by atoms with van der Waals surface area (Å²) in [5.74, 6) is 0.401. The van der Waals surface area contributed by atoms with Crippen molar-refractivity contribution in [1.82, 2.24) is 10.2 Å². The van der Waals surface area contributed by atoms with Gasteiger partial charge >= 0.3 is 0 Å². The van der Waals surface area contributed by atoms with Crippen molar-refractivity contribution in [3.63, 3.8) is 0 Å². The second kappa shape index (κ2) is 5.24. The SMILES string of the molecule is CC(c1cc2ccccc2o1)N(C)C(=O)C1CNC(=O)C1. The van der Waals surface area contributed by atoms with E-state index >= 15 is 0 Å². The summed E-state index contributed by atoms with van der Waals surface area (Å²) in [5, 5.41) is 3.72. The van der Waals surface area contributed by atoms with E-state index in [0.29, 0.717) is 6.54 Å². The predicted molar refractivity (Wildman–Crippen MR) is 78.5 cm³/mol. The molecule has 1 fully saturated rings. The normalized spacial score (nSPS) is 19.5. The highest BCUT2D eigenvalue weighted by Crippen LogP contribution is 2.28. The maximum Gasteiger partial charge on any atom is 0.228 e. The molecule has 2 aromatic rings. The molecule has 0 spiro atoms. The topological polar surface area (TPSA) is 62.6 Å². The zero-order chi connectivity index (χ0) is 15.0. The molecular weight excluding hydrogens is 268 g/mol. The van der Waals surface area contributed by atoms with Crippen LogP contribution in [0.15, 0.2) is 34.7 Å². The summed E-state index contributed by atoms with van der Waals surface area (Å²) in [6.07, 6.45) is 0.274. The number of nitrogens with zero attached hydrogens (tertiary/aromatic N) is 1. The van der Waals surface area contributed by atoms with Crippen LogP contribution in [-0.2, 0) is 9.59 Å². The third-order valence-electron chi connectivity index (χ3n) is 4.11. The van der Waals surface area contributed by atoms with Crippen LogP contribution in [0.5, 0.6) is 0 Å². The van der Waals surface area contributed by atoms with Gasteiger partial charge in [-0.2, -0.15) is 0 Å². The summed E-state index contributed by atoms with van der Waals surface area (Å²) in [6.45, 7) is 2.36. The number of fused-ring (bicyclic) bond motifs is 1. The van der Waals surface area contributed by atoms with Gasteiger partial charge in [-0.05, 0) is 19.1 Å². The second-order valence-corrected chi connectivity index (χ2v) is 5.52. The number of carbonyl (C=O) groups is 2. The van der Waals surface area contributed by atoms with Crippen molar-refractivity contribution in [1.29, 1.82) is 0 Å². The zero-order valence-corrected chi connectivity index (χ0v) is 12.1. The first kappa shape index (κ1) is 13.7. The lowest BCUT2D eigenvalue weighted by molar-refractivity contribution is -0.136. The molecule has 1 aliphatic rings. The summed E-state index contributed by atoms with van der Waals surface area (Å²) in [4.78, 5) is 25.3. The molecule has 1 N–H and O–H groups in total. The van der Waals surface area contributed by atoms with Crippen LogP contribution in [0, 0.1) is 5.92 Å². The Kier molecular flexibility index (Phi) is 3.41. The van der Waals surface area contributed by atoms with Crippen LogP contribution in [0.3, 0.4) is 0 Å². The van der Waals surface area contributed by atoms with Gasteiger partial charge in [0, 0.05) is 25.4 Å². The van der Waals surface area contributed by atoms with E-state index in [1.807, 2.05) is 37.3 Å². The van der Waals surface area contributed by atoms with Crippen LogP contribution in [0.2, 0.25) is 0 Å². The molecule has 2 unspecified atom stereocenters. The standard InChI is InChI=1S/C16H18N2O3/c1-10(14-7-11-5-3-4-6-13(11)21-14)18(2)16(20)12-8-15(19)17-9-12/h3-7,10,12H,8-9H2,1-2H3,(H,17,19). The Bertz CT molecular complexity index is 659. The highest BCUT2D eigenvalue weighted by Gasteiger charge is 2.32. The molecule has 0 bridgehead atoms. The Morgan fingerprint density at radius 3 is 2.86 bits per heavy atom. The van der Waals surface area contributed by atoms with E-state index in [2.05, 4.69) is 5.32 Å². The molecule has 1 aromatic heterocycles. The van der Waals surface area contributed by atoms with Crippen LogP contribution >= 0.6 is 0 Å². The lowest BCUT2D eigenvalue weighted by Gasteiger charge is -2.25. The molecular formula is C16H18N2O3. The maximum atomic E-state index is 12.4. The van der Waals surface area contributed by atoms with E-state index in [4.69, 9.17) is 4.42 Å². The van der Waals surface area contributed by atoms with E-state index in [0.717, 1.165) is 16.7 Å². The minimum Gasteiger partial charge on any atom is -0.459 e. The average molecular weight is 286 g/mol. The van der Waals surface area contributed by atoms with Crippen molar-refractivity contribution >= 4 is 22.8 Å². The molecule has 1 aromatic carbocycles. The number of hydrogen-bond donors (Lipinski definition) is 1. The molecule has 3 rings (SSSR count). The van der Waals surface area contributed by atoms with E-state index in [9.17, 15) is 9.59 Å². The largest absolute Gasteiger partial charge is 0.459 e. The van der Waals surface area contributed by atoms with Crippen molar-refractivity contribution in [2.24, 2.45) is 5.92 Å². The fourth-order valence-electron chi connectivity index (χ4n) is 2.66. The van der Waals surface area contributed by atoms with Crippen LogP contribution in [0.25, 0.3) is 11.0 Å². The summed E-state index contributed by atoms with van der Waals surface area (Å²) in [6, 6.07) is 9.56. The van der Waals surface area contributed by atoms with Crippen LogP contribution in [0.4, 0.5) is 0 Å². The molecule has 1 saturated heterocycles. The van der Waals surface area contributed by atoms with Crippen molar-refractivity contribution in [3.8, 4) is 0 Å². The first-order chi connectivity index (χ1) is 10.1. The molecule has 0 aliphatic carbocycles. The molecule has 110 valence electrons. The molecule has 21 heavy (non-hydrogen) atoms. The second-order valence-electron chi connectivity index (χ2n) is 5.52. The minimum absolute atomic E-state index is 0.0266. The number of nitrogens with one attached hydrogen (secondary N) is 1. The maximum absolute atomic E-state index is 12.4. The molecule has 2 heterocycles. The molecule has 2 amide bonds. The Morgan fingerprint density at radius 2 is 2.19 bits per heavy atom. The summed E-state index contributed by atoms with van der Waals surface area (Å²) in [7, 11) is 1.75. The monoisotopic (exact) mass is 286 g/mol. The lowest BCUT2D eigenvalue weighted by Crippen LogP contribution is -2.35. The van der Waals surface area contributed by atoms with Gasteiger partial charge in [0.25, 0.3) is 0 Å². The third kappa shape index (κ3) is 2.51. The number of benzene rings is 1. The van der Waals surface area contributed by atoms with Gasteiger partial charge in [0.2, 0.25) is 11.8 Å². The fraction of sp³-hybridized carbons (Fsp3) is 0.375. The molecule has 5 heteroatoms. The summed E-state index contributed by atoms with van der Waals surface area (Å²) >= 11 is 0. The minimum atomic E-state index is -0.269. The van der Waals surface area contributed by atoms with Gasteiger partial charge in [0.05, 0.1) is 12.0 Å². The van der Waals surface area contributed by atoms with Gasteiger partial charge in [-0.3, -0.25) is 9.59 Å². The van der Waals surface area contributed by atoms with Gasteiger partial charge < -0.3 is 14.6 Å². The number of para-hydroxylation sites is 1. The van der Waals surface area contributed by atoms with Crippen molar-refractivity contribution in [3.05, 3.63) is 36.1 Å². The Labute approximate surface area is 122 Å². The van der Waals surface area contributed by atoms with Gasteiger partial charge in [-0.1, -0.05) is 18.2 Å². The highest BCUT2D eigenvalue weighted by atomic mass is 16.3. The lowest BCUT2D eigenvalue weighted by atomic mass is 10.1. The number of hydrogen-bond acceptors (Lipinski definition) is 3. The van der Waals surface area contributed by atoms with E-state index in [1.165, 1.54) is 0 Å². The zero-order valence-electron chi connectivity index (χ0n) is 12.1. The number of amides is 2. The first-order valence-corrected chi connectivity index (χ1v) is 7.08. The molecule has 0 saturated carbocycles. The molecule has 5 nitrogen and oxygen atoms in total. The molecule has 2 atom stereocenters. The Balaban J connectivity index is 1.78. The van der Waals surface area contributed by atoms with Crippen molar-refractivity contribution < 1.29 is 14.0 Å². The van der Waals surface area contributed by atoms with Crippen LogP contribution < -0.4 is 5.32 Å². The Hall–Kier alpha value is -2.30. The fourth-order valence-corrected chi connectivity index (χ4v) is 2.66. The molecule has 1 aliphatic heterocycles. The van der Waals surface area contributed by atoms with Gasteiger partial charge in [0.15, 0.2) is 0 Å². The summed E-state index contributed by atoms with van der Waals surface area (Å²) in [5.41, 5.74) is 0.818. The molecule has 0 radical (unpaired) electrons. The quantitative estimate of drug-likeness (QED) is 0.939. The smallest absolute Gasteiger partial charge is 0.228 e. The predicted octanol–water partition coefficient (Wildman–Crippen LogP) is 2.09. The third-order valence-corrected chi connectivity index (χ3v) is 4.11. The van der Waals surface area contributed by atoms with Gasteiger partial charge in [-0.15, -0.1) is 0 Å². The number of furan rings is 1. The number of rotatable bonds is 3. The van der Waals surface area contributed by atoms with Crippen LogP contribution in [0.1, 0.15) is 25.1 Å². The van der Waals surface area contributed by atoms with Crippen molar-refractivity contribution in [2.45, 2.75) is 19.4 Å². The van der Waals surface area contributed by atoms with Crippen LogP contribution in [-0.4, -0.2) is 30.3 Å². The highest BCUT2D eigenvalue weighted by molar-refractivity contribution is 5.89. The van der Waals surface area contributed by atoms with E-state index in [-0.39, 0.29) is 30.2 Å². The number of carbonyl (C=O) groups excluding carboxylic acids is 2. The Morgan fingerprint density at radius 1 is 1.43 bits per heavy atom. The van der Waals surface area contributed by atoms with Gasteiger partial charge in [0.1, 0.15) is 11.3 Å². The van der Waals surface area contributed by atoms with Crippen molar-refractivity contribution in [2.75, 3.05) is 13.6 Å². The van der Waals surface area contributed by atoms with E-state index < -0.39 is 0 Å². The average Bonchev–Trinajstić information content (AvgIpc) is 3.10.